The van der Waals surface area contributed by atoms with Gasteiger partial charge in [0.2, 0.25) is 5.91 Å². The summed E-state index contributed by atoms with van der Waals surface area (Å²) in [4.78, 5) is 16.1. The van der Waals surface area contributed by atoms with Crippen LogP contribution in [-0.4, -0.2) is 18.0 Å². The predicted molar refractivity (Wildman–Crippen MR) is 89.6 cm³/mol. The maximum atomic E-state index is 12.0. The molecule has 1 aromatic heterocycles. The minimum Gasteiger partial charge on any atom is -0.493 e. The van der Waals surface area contributed by atoms with Crippen molar-refractivity contribution in [1.82, 2.24) is 4.98 Å². The molecule has 2 rings (SSSR count). The smallest absolute Gasteiger partial charge is 0.227 e. The highest BCUT2D eigenvalue weighted by molar-refractivity contribution is 5.92. The summed E-state index contributed by atoms with van der Waals surface area (Å²) in [6.45, 7) is 4.27. The molecule has 1 amide bonds. The fourth-order valence-electron chi connectivity index (χ4n) is 1.96. The summed E-state index contributed by atoms with van der Waals surface area (Å²) in [6.07, 6.45) is 4.27. The Balaban J connectivity index is 2.10. The molecule has 0 aliphatic rings. The van der Waals surface area contributed by atoms with Crippen molar-refractivity contribution in [3.8, 4) is 11.5 Å². The predicted octanol–water partition coefficient (Wildman–Crippen LogP) is 3.65. The Labute approximate surface area is 136 Å². The largest absolute Gasteiger partial charge is 0.493 e. The Kier molecular flexibility index (Phi) is 5.97. The molecule has 1 atom stereocenters. The van der Waals surface area contributed by atoms with Crippen molar-refractivity contribution in [2.45, 2.75) is 26.9 Å². The van der Waals surface area contributed by atoms with Crippen LogP contribution >= 0.6 is 0 Å². The molecular weight excluding hydrogens is 292 g/mol. The van der Waals surface area contributed by atoms with Gasteiger partial charge >= 0.3 is 0 Å². The third-order valence-corrected chi connectivity index (χ3v) is 3.61. The molecule has 5 heteroatoms. The fourth-order valence-corrected chi connectivity index (χ4v) is 1.96. The van der Waals surface area contributed by atoms with Crippen LogP contribution in [0.5, 0.6) is 11.5 Å². The zero-order valence-electron chi connectivity index (χ0n) is 13.7. The van der Waals surface area contributed by atoms with Crippen LogP contribution in [0.1, 0.15) is 25.8 Å². The Morgan fingerprint density at radius 3 is 2.78 bits per heavy atom. The number of pyridine rings is 1. The lowest BCUT2D eigenvalue weighted by Gasteiger charge is -2.14. The van der Waals surface area contributed by atoms with Gasteiger partial charge in [0.05, 0.1) is 7.11 Å². The van der Waals surface area contributed by atoms with E-state index in [2.05, 4.69) is 10.3 Å². The summed E-state index contributed by atoms with van der Waals surface area (Å²) in [5, 5.41) is 2.90. The van der Waals surface area contributed by atoms with Gasteiger partial charge in [-0.2, -0.15) is 0 Å². The molecule has 5 nitrogen and oxygen atoms in total. The molecule has 0 saturated heterocycles. The highest BCUT2D eigenvalue weighted by Gasteiger charge is 2.12. The second-order valence-electron chi connectivity index (χ2n) is 5.31. The van der Waals surface area contributed by atoms with E-state index in [4.69, 9.17) is 9.47 Å². The summed E-state index contributed by atoms with van der Waals surface area (Å²) < 4.78 is 11.1. The van der Waals surface area contributed by atoms with Gasteiger partial charge in [0.1, 0.15) is 6.61 Å². The minimum absolute atomic E-state index is 0.00382. The van der Waals surface area contributed by atoms with E-state index in [1.807, 2.05) is 26.0 Å². The van der Waals surface area contributed by atoms with E-state index in [0.29, 0.717) is 23.8 Å². The number of ether oxygens (including phenoxy) is 2. The van der Waals surface area contributed by atoms with Crippen molar-refractivity contribution < 1.29 is 14.3 Å². The second-order valence-corrected chi connectivity index (χ2v) is 5.31. The van der Waals surface area contributed by atoms with Crippen molar-refractivity contribution in [3.63, 3.8) is 0 Å². The summed E-state index contributed by atoms with van der Waals surface area (Å²) >= 11 is 0. The summed E-state index contributed by atoms with van der Waals surface area (Å²) in [5.74, 6) is 1.17. The molecule has 1 heterocycles. The zero-order chi connectivity index (χ0) is 16.7. The van der Waals surface area contributed by atoms with Crippen LogP contribution in [0.15, 0.2) is 42.7 Å². The molecule has 0 aliphatic carbocycles. The lowest BCUT2D eigenvalue weighted by Crippen LogP contribution is -2.19. The standard InChI is InChI=1S/C18H22N2O3/c1-4-13(2)18(21)20-15-7-8-16(22-3)17(10-15)23-12-14-6-5-9-19-11-14/h5-11,13H,4,12H2,1-3H3,(H,20,21)/t13-/m1/s1. The van der Waals surface area contributed by atoms with Crippen LogP contribution in [0.4, 0.5) is 5.69 Å². The van der Waals surface area contributed by atoms with E-state index in [1.165, 1.54) is 0 Å². The normalized spacial score (nSPS) is 11.6. The van der Waals surface area contributed by atoms with E-state index < -0.39 is 0 Å². The number of amides is 1. The van der Waals surface area contributed by atoms with Gasteiger partial charge in [0, 0.05) is 35.6 Å². The number of methoxy groups -OCH3 is 1. The average molecular weight is 314 g/mol. The number of nitrogens with zero attached hydrogens (tertiary/aromatic N) is 1. The van der Waals surface area contributed by atoms with Gasteiger partial charge in [0.25, 0.3) is 0 Å². The molecule has 0 spiro atoms. The van der Waals surface area contributed by atoms with Gasteiger partial charge in [-0.05, 0) is 24.6 Å². The van der Waals surface area contributed by atoms with Crippen LogP contribution in [0, 0.1) is 5.92 Å². The van der Waals surface area contributed by atoms with Gasteiger partial charge in [-0.15, -0.1) is 0 Å². The van der Waals surface area contributed by atoms with Crippen LogP contribution in [0.3, 0.4) is 0 Å². The van der Waals surface area contributed by atoms with E-state index >= 15 is 0 Å². The zero-order valence-corrected chi connectivity index (χ0v) is 13.7. The molecule has 1 N–H and O–H groups in total. The van der Waals surface area contributed by atoms with Crippen molar-refractivity contribution in [1.29, 1.82) is 0 Å². The SMILES string of the molecule is CC[C@@H](C)C(=O)Nc1ccc(OC)c(OCc2cccnc2)c1. The third kappa shape index (κ3) is 4.71. The molecule has 0 radical (unpaired) electrons. The van der Waals surface area contributed by atoms with E-state index in [1.54, 1.807) is 37.7 Å². The molecule has 122 valence electrons. The minimum atomic E-state index is -0.0307. The topological polar surface area (TPSA) is 60.5 Å². The first-order valence-corrected chi connectivity index (χ1v) is 7.64. The second kappa shape index (κ2) is 8.17. The van der Waals surface area contributed by atoms with Gasteiger partial charge in [0.15, 0.2) is 11.5 Å². The van der Waals surface area contributed by atoms with Crippen molar-refractivity contribution in [2.75, 3.05) is 12.4 Å². The number of anilines is 1. The van der Waals surface area contributed by atoms with Crippen molar-refractivity contribution in [3.05, 3.63) is 48.3 Å². The Morgan fingerprint density at radius 1 is 1.30 bits per heavy atom. The molecule has 0 aliphatic heterocycles. The summed E-state index contributed by atoms with van der Waals surface area (Å²) in [7, 11) is 1.59. The number of hydrogen-bond acceptors (Lipinski definition) is 4. The molecule has 1 aromatic carbocycles. The van der Waals surface area contributed by atoms with Crippen molar-refractivity contribution >= 4 is 11.6 Å². The number of benzene rings is 1. The molecule has 0 bridgehead atoms. The van der Waals surface area contributed by atoms with Crippen LogP contribution in [0.25, 0.3) is 0 Å². The average Bonchev–Trinajstić information content (AvgIpc) is 2.60. The Hall–Kier alpha value is -2.56. The number of aromatic nitrogens is 1. The fraction of sp³-hybridized carbons (Fsp3) is 0.333. The molecule has 23 heavy (non-hydrogen) atoms. The molecule has 0 saturated carbocycles. The lowest BCUT2D eigenvalue weighted by molar-refractivity contribution is -0.119. The summed E-state index contributed by atoms with van der Waals surface area (Å²) in [6, 6.07) is 9.16. The van der Waals surface area contributed by atoms with Gasteiger partial charge in [-0.25, -0.2) is 0 Å². The molecule has 0 fully saturated rings. The van der Waals surface area contributed by atoms with E-state index in [0.717, 1.165) is 12.0 Å². The number of carbonyl (C=O) groups is 1. The maximum absolute atomic E-state index is 12.0. The summed E-state index contributed by atoms with van der Waals surface area (Å²) in [5.41, 5.74) is 1.65. The highest BCUT2D eigenvalue weighted by Crippen LogP contribution is 2.31. The quantitative estimate of drug-likeness (QED) is 0.847. The number of hydrogen-bond donors (Lipinski definition) is 1. The van der Waals surface area contributed by atoms with Crippen LogP contribution in [0.2, 0.25) is 0 Å². The van der Waals surface area contributed by atoms with Gasteiger partial charge in [-0.1, -0.05) is 19.9 Å². The first-order chi connectivity index (χ1) is 11.1. The van der Waals surface area contributed by atoms with E-state index in [9.17, 15) is 4.79 Å². The third-order valence-electron chi connectivity index (χ3n) is 3.61. The van der Waals surface area contributed by atoms with Crippen LogP contribution < -0.4 is 14.8 Å². The first kappa shape index (κ1) is 16.8. The van der Waals surface area contributed by atoms with Gasteiger partial charge < -0.3 is 14.8 Å². The highest BCUT2D eigenvalue weighted by atomic mass is 16.5. The molecule has 2 aromatic rings. The molecule has 0 unspecified atom stereocenters. The Bertz CT molecular complexity index is 644. The lowest BCUT2D eigenvalue weighted by atomic mass is 10.1. The maximum Gasteiger partial charge on any atom is 0.227 e. The number of carbonyl (C=O) groups excluding carboxylic acids is 1. The number of nitrogens with one attached hydrogen (secondary N) is 1. The Morgan fingerprint density at radius 2 is 2.13 bits per heavy atom. The van der Waals surface area contributed by atoms with E-state index in [-0.39, 0.29) is 11.8 Å². The first-order valence-electron chi connectivity index (χ1n) is 7.64. The number of rotatable bonds is 7. The van der Waals surface area contributed by atoms with Gasteiger partial charge in [-0.3, -0.25) is 9.78 Å². The van der Waals surface area contributed by atoms with Crippen LogP contribution in [-0.2, 0) is 11.4 Å². The molecular formula is C18H22N2O3. The monoisotopic (exact) mass is 314 g/mol. The van der Waals surface area contributed by atoms with Crippen molar-refractivity contribution in [2.24, 2.45) is 5.92 Å².